The Hall–Kier alpha value is -3.73. The fourth-order valence-electron chi connectivity index (χ4n) is 2.76. The van der Waals surface area contributed by atoms with Crippen molar-refractivity contribution in [3.63, 3.8) is 0 Å². The number of anilines is 1. The summed E-state index contributed by atoms with van der Waals surface area (Å²) in [4.78, 5) is 41.3. The number of hydrogen-bond acceptors (Lipinski definition) is 7. The molecule has 0 spiro atoms. The van der Waals surface area contributed by atoms with E-state index in [1.54, 1.807) is 32.1 Å². The van der Waals surface area contributed by atoms with Crippen molar-refractivity contribution in [2.24, 2.45) is 12.1 Å². The number of allylic oxidation sites excluding steroid dienone is 2. The highest BCUT2D eigenvalue weighted by Crippen LogP contribution is 2.18. The summed E-state index contributed by atoms with van der Waals surface area (Å²) in [6.07, 6.45) is 1.68. The number of aryl methyl sites for hydroxylation is 1. The van der Waals surface area contributed by atoms with Gasteiger partial charge in [-0.1, -0.05) is 29.8 Å². The summed E-state index contributed by atoms with van der Waals surface area (Å²) < 4.78 is 2.75. The lowest BCUT2D eigenvalue weighted by Crippen LogP contribution is -2.29. The van der Waals surface area contributed by atoms with Crippen LogP contribution in [-0.2, 0) is 13.6 Å². The van der Waals surface area contributed by atoms with Crippen LogP contribution >= 0.6 is 11.6 Å². The molecule has 11 nitrogen and oxygen atoms in total. The number of fused-ring (bicyclic) bond motifs is 1. The van der Waals surface area contributed by atoms with Gasteiger partial charge in [-0.2, -0.15) is 10.1 Å². The highest BCUT2D eigenvalue weighted by molar-refractivity contribution is 6.29. The molecule has 156 valence electrons. The van der Waals surface area contributed by atoms with Gasteiger partial charge in [0.15, 0.2) is 11.2 Å². The first-order chi connectivity index (χ1) is 14.2. The number of nitrogens with zero attached hydrogens (tertiary/aromatic N) is 5. The first kappa shape index (κ1) is 21.0. The molecule has 0 amide bonds. The Kier molecular flexibility index (Phi) is 5.83. The lowest BCUT2D eigenvalue weighted by Gasteiger charge is -2.07. The quantitative estimate of drug-likeness (QED) is 0.348. The van der Waals surface area contributed by atoms with Crippen LogP contribution in [0, 0.1) is 10.1 Å². The summed E-state index contributed by atoms with van der Waals surface area (Å²) >= 11 is 5.93. The van der Waals surface area contributed by atoms with Crippen molar-refractivity contribution in [3.05, 3.63) is 71.9 Å². The van der Waals surface area contributed by atoms with Gasteiger partial charge in [0.2, 0.25) is 5.95 Å². The number of H-pyrrole nitrogens is 1. The molecule has 12 heteroatoms. The topological polar surface area (TPSA) is 140 Å². The van der Waals surface area contributed by atoms with Gasteiger partial charge in [0.25, 0.3) is 11.2 Å². The molecular formula is C18H18ClN7O4. The molecule has 2 N–H and O–H groups in total. The second-order valence-electron chi connectivity index (χ2n) is 6.44. The van der Waals surface area contributed by atoms with Gasteiger partial charge in [-0.25, -0.2) is 10.2 Å². The van der Waals surface area contributed by atoms with Gasteiger partial charge in [0.1, 0.15) is 0 Å². The number of rotatable bonds is 6. The fraction of sp³-hybridized carbons (Fsp3) is 0.222. The second-order valence-corrected chi connectivity index (χ2v) is 7.04. The van der Waals surface area contributed by atoms with Crippen LogP contribution in [0.25, 0.3) is 11.2 Å². The van der Waals surface area contributed by atoms with E-state index in [4.69, 9.17) is 11.6 Å². The Balaban J connectivity index is 2.08. The van der Waals surface area contributed by atoms with E-state index in [1.165, 1.54) is 28.3 Å². The average Bonchev–Trinajstić information content (AvgIpc) is 3.08. The van der Waals surface area contributed by atoms with E-state index in [1.807, 2.05) is 0 Å². The van der Waals surface area contributed by atoms with Crippen LogP contribution in [0.15, 0.2) is 50.1 Å². The largest absolute Gasteiger partial charge is 0.329 e. The number of hydrogen-bond donors (Lipinski definition) is 2. The number of nitro groups is 1. The molecule has 0 saturated heterocycles. The molecule has 0 aliphatic rings. The number of halogens is 1. The molecule has 0 atom stereocenters. The Bertz CT molecular complexity index is 1310. The number of benzene rings is 1. The number of imidazole rings is 1. The molecule has 0 saturated carbocycles. The molecule has 30 heavy (non-hydrogen) atoms. The fourth-order valence-corrected chi connectivity index (χ4v) is 2.83. The minimum atomic E-state index is -0.593. The van der Waals surface area contributed by atoms with Crippen LogP contribution in [0.4, 0.5) is 11.6 Å². The lowest BCUT2D eigenvalue weighted by molar-refractivity contribution is -0.384. The first-order valence-corrected chi connectivity index (χ1v) is 9.13. The maximum absolute atomic E-state index is 12.4. The van der Waals surface area contributed by atoms with Crippen LogP contribution in [0.5, 0.6) is 0 Å². The van der Waals surface area contributed by atoms with E-state index in [-0.39, 0.29) is 29.3 Å². The molecule has 0 unspecified atom stereocenters. The molecular weight excluding hydrogens is 414 g/mol. The molecule has 0 fully saturated rings. The van der Waals surface area contributed by atoms with Crippen molar-refractivity contribution in [3.8, 4) is 0 Å². The molecule has 3 aromatic rings. The molecule has 0 aliphatic heterocycles. The van der Waals surface area contributed by atoms with Gasteiger partial charge in [0, 0.05) is 36.3 Å². The van der Waals surface area contributed by atoms with Gasteiger partial charge in [-0.3, -0.25) is 29.0 Å². The maximum Gasteiger partial charge on any atom is 0.329 e. The number of nitro benzene ring substituents is 1. The van der Waals surface area contributed by atoms with Crippen molar-refractivity contribution in [2.45, 2.75) is 20.4 Å². The highest BCUT2D eigenvalue weighted by atomic mass is 35.5. The van der Waals surface area contributed by atoms with Gasteiger partial charge in [-0.15, -0.1) is 0 Å². The Morgan fingerprint density at radius 3 is 2.80 bits per heavy atom. The summed E-state index contributed by atoms with van der Waals surface area (Å²) in [6, 6.07) is 6.03. The standard InChI is InChI=1S/C18H18ClN7O4/c1-10(19)7-8-25-14-15(24(3)18(28)21-16(14)27)20-17(25)23-22-11(2)12-5-4-6-13(9-12)26(29)30/h4-7,9H,8H2,1-3H3,(H,20,23)(H,21,27,28). The Morgan fingerprint density at radius 2 is 2.13 bits per heavy atom. The molecule has 0 aliphatic carbocycles. The predicted octanol–water partition coefficient (Wildman–Crippen LogP) is 2.31. The first-order valence-electron chi connectivity index (χ1n) is 8.76. The number of aromatic amines is 1. The third-order valence-corrected chi connectivity index (χ3v) is 4.51. The number of aromatic nitrogens is 4. The van der Waals surface area contributed by atoms with E-state index in [9.17, 15) is 19.7 Å². The summed E-state index contributed by atoms with van der Waals surface area (Å²) in [5.74, 6) is 0.204. The molecule has 3 rings (SSSR count). The molecule has 0 bridgehead atoms. The summed E-state index contributed by atoms with van der Waals surface area (Å²) in [5, 5.41) is 15.7. The van der Waals surface area contributed by atoms with Crippen LogP contribution < -0.4 is 16.7 Å². The average molecular weight is 432 g/mol. The normalized spacial score (nSPS) is 12.4. The van der Waals surface area contributed by atoms with Gasteiger partial charge in [0.05, 0.1) is 10.6 Å². The molecule has 2 heterocycles. The Morgan fingerprint density at radius 1 is 1.40 bits per heavy atom. The monoisotopic (exact) mass is 431 g/mol. The number of nitrogens with one attached hydrogen (secondary N) is 2. The highest BCUT2D eigenvalue weighted by Gasteiger charge is 2.17. The predicted molar refractivity (Wildman–Crippen MR) is 114 cm³/mol. The summed E-state index contributed by atoms with van der Waals surface area (Å²) in [6.45, 7) is 3.57. The molecule has 0 radical (unpaired) electrons. The smallest absolute Gasteiger partial charge is 0.299 e. The zero-order valence-corrected chi connectivity index (χ0v) is 17.1. The van der Waals surface area contributed by atoms with E-state index in [0.29, 0.717) is 16.3 Å². The van der Waals surface area contributed by atoms with Crippen molar-refractivity contribution < 1.29 is 4.92 Å². The zero-order valence-electron chi connectivity index (χ0n) is 16.3. The van der Waals surface area contributed by atoms with Gasteiger partial charge >= 0.3 is 5.69 Å². The van der Waals surface area contributed by atoms with E-state index < -0.39 is 16.2 Å². The van der Waals surface area contributed by atoms with Crippen molar-refractivity contribution in [1.82, 2.24) is 19.1 Å². The lowest BCUT2D eigenvalue weighted by atomic mass is 10.1. The van der Waals surface area contributed by atoms with Gasteiger partial charge in [-0.05, 0) is 13.8 Å². The van der Waals surface area contributed by atoms with Gasteiger partial charge < -0.3 is 0 Å². The minimum absolute atomic E-state index is 0.0569. The zero-order chi connectivity index (χ0) is 22.0. The molecule has 2 aromatic heterocycles. The second kappa shape index (κ2) is 8.33. The SMILES string of the molecule is CC(Cl)=CCn1c(NN=C(C)c2cccc([N+](=O)[O-])c2)nc2c1c(=O)[nH]c(=O)n2C. The Labute approximate surface area is 174 Å². The number of non-ortho nitro benzene ring substituents is 1. The van der Waals surface area contributed by atoms with Crippen LogP contribution in [0.1, 0.15) is 19.4 Å². The van der Waals surface area contributed by atoms with E-state index >= 15 is 0 Å². The number of hydrazone groups is 1. The van der Waals surface area contributed by atoms with Crippen molar-refractivity contribution >= 4 is 40.1 Å². The summed E-state index contributed by atoms with van der Waals surface area (Å²) in [7, 11) is 1.49. The van der Waals surface area contributed by atoms with Crippen LogP contribution in [0.3, 0.4) is 0 Å². The van der Waals surface area contributed by atoms with Crippen molar-refractivity contribution in [1.29, 1.82) is 0 Å². The minimum Gasteiger partial charge on any atom is -0.299 e. The van der Waals surface area contributed by atoms with E-state index in [2.05, 4.69) is 20.5 Å². The van der Waals surface area contributed by atoms with E-state index in [0.717, 1.165) is 0 Å². The molecule has 1 aromatic carbocycles. The maximum atomic E-state index is 12.4. The van der Waals surface area contributed by atoms with Crippen LogP contribution in [0.2, 0.25) is 0 Å². The third-order valence-electron chi connectivity index (χ3n) is 4.36. The summed E-state index contributed by atoms with van der Waals surface area (Å²) in [5.41, 5.74) is 2.90. The third kappa shape index (κ3) is 4.15. The van der Waals surface area contributed by atoms with Crippen molar-refractivity contribution in [2.75, 3.05) is 5.43 Å². The van der Waals surface area contributed by atoms with Crippen LogP contribution in [-0.4, -0.2) is 29.7 Å².